The van der Waals surface area contributed by atoms with E-state index in [1.165, 1.54) is 6.07 Å². The third-order valence-corrected chi connectivity index (χ3v) is 3.68. The first kappa shape index (κ1) is 14.5. The summed E-state index contributed by atoms with van der Waals surface area (Å²) in [6.07, 6.45) is 0. The number of nitrogens with zero attached hydrogens (tertiary/aromatic N) is 1. The fourth-order valence-corrected chi connectivity index (χ4v) is 2.37. The van der Waals surface area contributed by atoms with Gasteiger partial charge in [-0.15, -0.1) is 0 Å². The van der Waals surface area contributed by atoms with Gasteiger partial charge in [0.1, 0.15) is 0 Å². The molecule has 2 aromatic carbocycles. The summed E-state index contributed by atoms with van der Waals surface area (Å²) in [5.74, 6) is 0. The Hall–Kier alpha value is -1.91. The smallest absolute Gasteiger partial charge is 0.270 e. The topological polar surface area (TPSA) is 69.2 Å². The first-order valence-electron chi connectivity index (χ1n) is 6.16. The summed E-state index contributed by atoms with van der Waals surface area (Å²) in [5.41, 5.74) is 9.70. The monoisotopic (exact) mass is 290 g/mol. The van der Waals surface area contributed by atoms with Crippen LogP contribution in [0.3, 0.4) is 0 Å². The van der Waals surface area contributed by atoms with Crippen molar-refractivity contribution < 1.29 is 4.92 Å². The summed E-state index contributed by atoms with van der Waals surface area (Å²) >= 11 is 5.97. The molecule has 0 spiro atoms. The quantitative estimate of drug-likeness (QED) is 0.688. The van der Waals surface area contributed by atoms with Crippen LogP contribution in [0, 0.1) is 24.0 Å². The lowest BCUT2D eigenvalue weighted by atomic mass is 9.92. The number of halogens is 1. The molecule has 0 saturated heterocycles. The second kappa shape index (κ2) is 5.61. The van der Waals surface area contributed by atoms with Crippen LogP contribution >= 0.6 is 11.6 Å². The van der Waals surface area contributed by atoms with Crippen LogP contribution < -0.4 is 5.73 Å². The highest BCUT2D eigenvalue weighted by molar-refractivity contribution is 6.30. The van der Waals surface area contributed by atoms with Crippen LogP contribution in [0.25, 0.3) is 0 Å². The van der Waals surface area contributed by atoms with Gasteiger partial charge in [0.2, 0.25) is 0 Å². The number of hydrogen-bond acceptors (Lipinski definition) is 3. The molecule has 2 rings (SSSR count). The lowest BCUT2D eigenvalue weighted by Gasteiger charge is -2.17. The zero-order chi connectivity index (χ0) is 14.9. The molecule has 0 fully saturated rings. The van der Waals surface area contributed by atoms with Crippen LogP contribution in [-0.4, -0.2) is 4.92 Å². The average molecular weight is 291 g/mol. The fraction of sp³-hybridized carbons (Fsp3) is 0.200. The van der Waals surface area contributed by atoms with E-state index in [2.05, 4.69) is 0 Å². The van der Waals surface area contributed by atoms with E-state index in [0.717, 1.165) is 22.3 Å². The van der Waals surface area contributed by atoms with E-state index in [0.29, 0.717) is 5.02 Å². The molecule has 0 aliphatic carbocycles. The first-order valence-corrected chi connectivity index (χ1v) is 6.54. The Bertz CT molecular complexity index is 671. The minimum Gasteiger partial charge on any atom is -0.320 e. The largest absolute Gasteiger partial charge is 0.320 e. The highest BCUT2D eigenvalue weighted by Gasteiger charge is 2.18. The SMILES string of the molecule is Cc1cc([N+](=O)[O-])cc(C(N)c2cccc(Cl)c2)c1C. The van der Waals surface area contributed by atoms with Crippen molar-refractivity contribution in [2.45, 2.75) is 19.9 Å². The summed E-state index contributed by atoms with van der Waals surface area (Å²) in [5, 5.41) is 11.6. The summed E-state index contributed by atoms with van der Waals surface area (Å²) < 4.78 is 0. The van der Waals surface area contributed by atoms with E-state index >= 15 is 0 Å². The summed E-state index contributed by atoms with van der Waals surface area (Å²) in [7, 11) is 0. The van der Waals surface area contributed by atoms with Crippen LogP contribution in [0.1, 0.15) is 28.3 Å². The van der Waals surface area contributed by atoms with E-state index in [4.69, 9.17) is 17.3 Å². The second-order valence-corrected chi connectivity index (χ2v) is 5.20. The van der Waals surface area contributed by atoms with Gasteiger partial charge >= 0.3 is 0 Å². The molecule has 104 valence electrons. The maximum atomic E-state index is 11.0. The number of rotatable bonds is 3. The highest BCUT2D eigenvalue weighted by Crippen LogP contribution is 2.29. The van der Waals surface area contributed by atoms with Gasteiger partial charge in [-0.3, -0.25) is 10.1 Å². The van der Waals surface area contributed by atoms with E-state index < -0.39 is 11.0 Å². The number of nitro benzene ring substituents is 1. The Kier molecular flexibility index (Phi) is 4.06. The molecule has 0 aliphatic heterocycles. The van der Waals surface area contributed by atoms with E-state index in [-0.39, 0.29) is 5.69 Å². The van der Waals surface area contributed by atoms with Crippen molar-refractivity contribution in [1.29, 1.82) is 0 Å². The van der Waals surface area contributed by atoms with E-state index in [9.17, 15) is 10.1 Å². The molecule has 5 heteroatoms. The van der Waals surface area contributed by atoms with Gasteiger partial charge in [-0.2, -0.15) is 0 Å². The predicted molar refractivity (Wildman–Crippen MR) is 80.1 cm³/mol. The standard InChI is InChI=1S/C15H15ClN2O2/c1-9-6-13(18(19)20)8-14(10(9)2)15(17)11-4-3-5-12(16)7-11/h3-8,15H,17H2,1-2H3. The van der Waals surface area contributed by atoms with Crippen LogP contribution in [-0.2, 0) is 0 Å². The molecule has 0 aliphatic rings. The van der Waals surface area contributed by atoms with Crippen molar-refractivity contribution in [1.82, 2.24) is 0 Å². The zero-order valence-electron chi connectivity index (χ0n) is 11.3. The summed E-state index contributed by atoms with van der Waals surface area (Å²) in [6, 6.07) is 9.88. The summed E-state index contributed by atoms with van der Waals surface area (Å²) in [6.45, 7) is 3.76. The number of nitrogens with two attached hydrogens (primary N) is 1. The minimum atomic E-state index is -0.438. The Morgan fingerprint density at radius 1 is 1.25 bits per heavy atom. The average Bonchev–Trinajstić information content (AvgIpc) is 2.40. The predicted octanol–water partition coefficient (Wildman–Crippen LogP) is 3.91. The zero-order valence-corrected chi connectivity index (χ0v) is 12.0. The van der Waals surface area contributed by atoms with Crippen LogP contribution in [0.5, 0.6) is 0 Å². The van der Waals surface area contributed by atoms with Gasteiger partial charge in [-0.25, -0.2) is 0 Å². The molecule has 0 aromatic heterocycles. The van der Waals surface area contributed by atoms with Crippen molar-refractivity contribution in [2.75, 3.05) is 0 Å². The molecule has 0 saturated carbocycles. The highest BCUT2D eigenvalue weighted by atomic mass is 35.5. The van der Waals surface area contributed by atoms with Gasteiger partial charge in [0.15, 0.2) is 0 Å². The molecule has 0 radical (unpaired) electrons. The first-order chi connectivity index (χ1) is 9.40. The number of aryl methyl sites for hydroxylation is 1. The second-order valence-electron chi connectivity index (χ2n) is 4.77. The Morgan fingerprint density at radius 3 is 2.55 bits per heavy atom. The van der Waals surface area contributed by atoms with Crippen LogP contribution in [0.15, 0.2) is 36.4 Å². The van der Waals surface area contributed by atoms with Gasteiger partial charge in [-0.1, -0.05) is 23.7 Å². The van der Waals surface area contributed by atoms with E-state index in [1.54, 1.807) is 18.2 Å². The summed E-state index contributed by atoms with van der Waals surface area (Å²) in [4.78, 5) is 10.6. The number of hydrogen-bond donors (Lipinski definition) is 1. The Balaban J connectivity index is 2.54. The third kappa shape index (κ3) is 2.81. The number of non-ortho nitro benzene ring substituents is 1. The van der Waals surface area contributed by atoms with Crippen LogP contribution in [0.2, 0.25) is 5.02 Å². The Labute approximate surface area is 122 Å². The molecule has 0 bridgehead atoms. The van der Waals surface area contributed by atoms with Crippen molar-refractivity contribution in [3.05, 3.63) is 73.8 Å². The lowest BCUT2D eigenvalue weighted by molar-refractivity contribution is -0.385. The van der Waals surface area contributed by atoms with Gasteiger partial charge in [0.05, 0.1) is 11.0 Å². The van der Waals surface area contributed by atoms with Crippen molar-refractivity contribution in [2.24, 2.45) is 5.73 Å². The van der Waals surface area contributed by atoms with E-state index in [1.807, 2.05) is 26.0 Å². The molecule has 4 nitrogen and oxygen atoms in total. The van der Waals surface area contributed by atoms with Crippen molar-refractivity contribution in [3.8, 4) is 0 Å². The molecule has 2 N–H and O–H groups in total. The van der Waals surface area contributed by atoms with Gasteiger partial charge in [-0.05, 0) is 48.2 Å². The lowest BCUT2D eigenvalue weighted by Crippen LogP contribution is -2.14. The maximum absolute atomic E-state index is 11.0. The number of nitro groups is 1. The normalized spacial score (nSPS) is 12.2. The minimum absolute atomic E-state index is 0.0561. The maximum Gasteiger partial charge on any atom is 0.270 e. The molecule has 2 aromatic rings. The van der Waals surface area contributed by atoms with Gasteiger partial charge < -0.3 is 5.73 Å². The molecule has 1 unspecified atom stereocenters. The molecular formula is C15H15ClN2O2. The third-order valence-electron chi connectivity index (χ3n) is 3.45. The van der Waals surface area contributed by atoms with Crippen molar-refractivity contribution in [3.63, 3.8) is 0 Å². The molecule has 1 atom stereocenters. The molecule has 0 amide bonds. The molecular weight excluding hydrogens is 276 g/mol. The Morgan fingerprint density at radius 2 is 1.95 bits per heavy atom. The number of benzene rings is 2. The van der Waals surface area contributed by atoms with Gasteiger partial charge in [0, 0.05) is 17.2 Å². The fourth-order valence-electron chi connectivity index (χ4n) is 2.18. The molecule has 20 heavy (non-hydrogen) atoms. The molecule has 0 heterocycles. The van der Waals surface area contributed by atoms with Gasteiger partial charge in [0.25, 0.3) is 5.69 Å². The van der Waals surface area contributed by atoms with Crippen LogP contribution in [0.4, 0.5) is 5.69 Å². The van der Waals surface area contributed by atoms with Crippen molar-refractivity contribution >= 4 is 17.3 Å².